The number of hydrogen-bond acceptors (Lipinski definition) is 6. The molecule has 0 atom stereocenters. The quantitative estimate of drug-likeness (QED) is 0.717. The first-order valence-corrected chi connectivity index (χ1v) is 9.63. The maximum atomic E-state index is 12.2. The first-order chi connectivity index (χ1) is 13.0. The van der Waals surface area contributed by atoms with E-state index < -0.39 is 5.60 Å². The summed E-state index contributed by atoms with van der Waals surface area (Å²) in [5.74, 6) is 0.0728. The van der Waals surface area contributed by atoms with Crippen LogP contribution in [0.15, 0.2) is 30.6 Å². The lowest BCUT2D eigenvalue weighted by Crippen LogP contribution is -2.51. The van der Waals surface area contributed by atoms with Gasteiger partial charge in [0.2, 0.25) is 5.91 Å². The smallest absolute Gasteiger partial charge is 0.222 e. The molecule has 0 aliphatic carbocycles. The highest BCUT2D eigenvalue weighted by atomic mass is 16.3. The van der Waals surface area contributed by atoms with Crippen LogP contribution in [0.5, 0.6) is 0 Å². The molecule has 1 saturated heterocycles. The van der Waals surface area contributed by atoms with Crippen molar-refractivity contribution in [2.24, 2.45) is 5.73 Å². The highest BCUT2D eigenvalue weighted by Gasteiger charge is 2.34. The summed E-state index contributed by atoms with van der Waals surface area (Å²) in [5.41, 5.74) is 7.45. The summed E-state index contributed by atoms with van der Waals surface area (Å²) in [5, 5.41) is 11.0. The van der Waals surface area contributed by atoms with Crippen LogP contribution in [-0.2, 0) is 4.79 Å². The van der Waals surface area contributed by atoms with Crippen molar-refractivity contribution in [2.45, 2.75) is 37.7 Å². The topological polar surface area (TPSA) is 95.6 Å². The van der Waals surface area contributed by atoms with Crippen molar-refractivity contribution < 1.29 is 9.90 Å². The van der Waals surface area contributed by atoms with E-state index in [-0.39, 0.29) is 5.91 Å². The number of aromatic nitrogens is 2. The van der Waals surface area contributed by atoms with Gasteiger partial charge in [-0.15, -0.1) is 0 Å². The molecule has 0 spiro atoms. The number of nitrogens with zero attached hydrogens (tertiary/aromatic N) is 4. The van der Waals surface area contributed by atoms with Crippen molar-refractivity contribution in [2.75, 3.05) is 38.1 Å². The molecule has 27 heavy (non-hydrogen) atoms. The number of nitrogens with two attached hydrogens (primary N) is 1. The molecule has 0 unspecified atom stereocenters. The average Bonchev–Trinajstić information content (AvgIpc) is 2.68. The van der Waals surface area contributed by atoms with Gasteiger partial charge in [-0.05, 0) is 50.4 Å². The molecule has 1 aliphatic rings. The number of pyridine rings is 2. The van der Waals surface area contributed by atoms with Crippen LogP contribution in [0.3, 0.4) is 0 Å². The number of amides is 1. The Kier molecular flexibility index (Phi) is 6.23. The van der Waals surface area contributed by atoms with E-state index in [4.69, 9.17) is 5.73 Å². The molecule has 1 fully saturated rings. The minimum absolute atomic E-state index is 0.0728. The van der Waals surface area contributed by atoms with Crippen LogP contribution in [0.1, 0.15) is 32.1 Å². The SMILES string of the molecule is CN(CC1(O)CCN(c2ccnc3cccnc23)CC1)C(=O)CCCCN. The first-order valence-electron chi connectivity index (χ1n) is 9.63. The van der Waals surface area contributed by atoms with Crippen molar-refractivity contribution >= 4 is 22.6 Å². The number of rotatable bonds is 7. The van der Waals surface area contributed by atoms with Gasteiger partial charge >= 0.3 is 0 Å². The Morgan fingerprint density at radius 3 is 2.78 bits per heavy atom. The van der Waals surface area contributed by atoms with Crippen molar-refractivity contribution in [1.29, 1.82) is 0 Å². The van der Waals surface area contributed by atoms with E-state index >= 15 is 0 Å². The number of anilines is 1. The summed E-state index contributed by atoms with van der Waals surface area (Å²) >= 11 is 0. The van der Waals surface area contributed by atoms with Gasteiger partial charge in [0.05, 0.1) is 16.8 Å². The van der Waals surface area contributed by atoms with E-state index in [9.17, 15) is 9.90 Å². The van der Waals surface area contributed by atoms with Gasteiger partial charge in [0.1, 0.15) is 5.52 Å². The standard InChI is InChI=1S/C20H29N5O2/c1-24(18(26)6-2-3-10-21)15-20(27)8-13-25(14-9-20)17-7-12-22-16-5-4-11-23-19(16)17/h4-5,7,11-12,27H,2-3,6,8-10,13-15,21H2,1H3. The normalized spacial score (nSPS) is 16.5. The Hall–Kier alpha value is -2.25. The zero-order valence-electron chi connectivity index (χ0n) is 16.0. The summed E-state index contributed by atoms with van der Waals surface area (Å²) in [6.07, 6.45) is 6.95. The highest BCUT2D eigenvalue weighted by Crippen LogP contribution is 2.30. The number of unbranched alkanes of at least 4 members (excludes halogenated alkanes) is 1. The van der Waals surface area contributed by atoms with E-state index in [1.54, 1.807) is 24.3 Å². The predicted octanol–water partition coefficient (Wildman–Crippen LogP) is 1.55. The molecule has 2 aromatic rings. The third-order valence-corrected chi connectivity index (χ3v) is 5.31. The van der Waals surface area contributed by atoms with Crippen LogP contribution < -0.4 is 10.6 Å². The number of piperidine rings is 1. The monoisotopic (exact) mass is 371 g/mol. The first kappa shape index (κ1) is 19.5. The van der Waals surface area contributed by atoms with E-state index in [0.29, 0.717) is 32.4 Å². The third-order valence-electron chi connectivity index (χ3n) is 5.31. The molecule has 3 N–H and O–H groups in total. The van der Waals surface area contributed by atoms with Crippen LogP contribution in [-0.4, -0.2) is 64.7 Å². The lowest BCUT2D eigenvalue weighted by atomic mass is 9.90. The number of hydrogen-bond donors (Lipinski definition) is 2. The fourth-order valence-corrected chi connectivity index (χ4v) is 3.68. The molecule has 0 bridgehead atoms. The Balaban J connectivity index is 1.59. The number of carbonyl (C=O) groups is 1. The lowest BCUT2D eigenvalue weighted by Gasteiger charge is -2.41. The summed E-state index contributed by atoms with van der Waals surface area (Å²) in [4.78, 5) is 25.0. The molecule has 3 heterocycles. The van der Waals surface area contributed by atoms with Crippen LogP contribution >= 0.6 is 0 Å². The second-order valence-electron chi connectivity index (χ2n) is 7.41. The molecular formula is C20H29N5O2. The second kappa shape index (κ2) is 8.63. The molecule has 2 aromatic heterocycles. The molecule has 1 aliphatic heterocycles. The van der Waals surface area contributed by atoms with Crippen LogP contribution in [0.2, 0.25) is 0 Å². The van der Waals surface area contributed by atoms with E-state index in [2.05, 4.69) is 14.9 Å². The molecule has 3 rings (SSSR count). The lowest BCUT2D eigenvalue weighted by molar-refractivity contribution is -0.134. The molecule has 7 nitrogen and oxygen atoms in total. The molecule has 0 aromatic carbocycles. The summed E-state index contributed by atoms with van der Waals surface area (Å²) in [6, 6.07) is 5.82. The number of carbonyl (C=O) groups excluding carboxylic acids is 1. The van der Waals surface area contributed by atoms with E-state index in [1.807, 2.05) is 18.2 Å². The van der Waals surface area contributed by atoms with Gasteiger partial charge in [-0.2, -0.15) is 0 Å². The van der Waals surface area contributed by atoms with Gasteiger partial charge in [-0.25, -0.2) is 0 Å². The van der Waals surface area contributed by atoms with Gasteiger partial charge in [0, 0.05) is 45.5 Å². The van der Waals surface area contributed by atoms with Gasteiger partial charge in [-0.1, -0.05) is 0 Å². The Labute approximate surface area is 160 Å². The zero-order valence-corrected chi connectivity index (χ0v) is 16.0. The van der Waals surface area contributed by atoms with Crippen LogP contribution in [0, 0.1) is 0 Å². The van der Waals surface area contributed by atoms with Crippen LogP contribution in [0.25, 0.3) is 11.0 Å². The molecule has 0 radical (unpaired) electrons. The van der Waals surface area contributed by atoms with Crippen molar-refractivity contribution in [1.82, 2.24) is 14.9 Å². The van der Waals surface area contributed by atoms with Gasteiger partial charge < -0.3 is 20.6 Å². The summed E-state index contributed by atoms with van der Waals surface area (Å²) in [6.45, 7) is 2.43. The number of fused-ring (bicyclic) bond motifs is 1. The third kappa shape index (κ3) is 4.73. The molecular weight excluding hydrogens is 342 g/mol. The Bertz CT molecular complexity index is 769. The minimum atomic E-state index is -0.842. The molecule has 146 valence electrons. The second-order valence-corrected chi connectivity index (χ2v) is 7.41. The van der Waals surface area contributed by atoms with Crippen molar-refractivity contribution in [3.8, 4) is 0 Å². The fraction of sp³-hybridized carbons (Fsp3) is 0.550. The van der Waals surface area contributed by atoms with Crippen LogP contribution in [0.4, 0.5) is 5.69 Å². The number of likely N-dealkylation sites (N-methyl/N-ethyl adjacent to an activating group) is 1. The molecule has 7 heteroatoms. The van der Waals surface area contributed by atoms with Crippen molar-refractivity contribution in [3.63, 3.8) is 0 Å². The predicted molar refractivity (Wildman–Crippen MR) is 106 cm³/mol. The van der Waals surface area contributed by atoms with Gasteiger partial charge in [0.15, 0.2) is 0 Å². The Morgan fingerprint density at radius 2 is 2.04 bits per heavy atom. The maximum Gasteiger partial charge on any atom is 0.222 e. The minimum Gasteiger partial charge on any atom is -0.388 e. The average molecular weight is 371 g/mol. The summed E-state index contributed by atoms with van der Waals surface area (Å²) in [7, 11) is 1.77. The molecule has 1 amide bonds. The molecule has 0 saturated carbocycles. The Morgan fingerprint density at radius 1 is 1.26 bits per heavy atom. The van der Waals surface area contributed by atoms with E-state index in [0.717, 1.165) is 42.7 Å². The fourth-order valence-electron chi connectivity index (χ4n) is 3.68. The maximum absolute atomic E-state index is 12.2. The van der Waals surface area contributed by atoms with E-state index in [1.165, 1.54) is 0 Å². The zero-order chi connectivity index (χ0) is 19.3. The summed E-state index contributed by atoms with van der Waals surface area (Å²) < 4.78 is 0. The van der Waals surface area contributed by atoms with Crippen molar-refractivity contribution in [3.05, 3.63) is 30.6 Å². The highest BCUT2D eigenvalue weighted by molar-refractivity contribution is 5.87. The van der Waals surface area contributed by atoms with Gasteiger partial charge in [0.25, 0.3) is 0 Å². The number of aliphatic hydroxyl groups is 1. The largest absolute Gasteiger partial charge is 0.388 e. The van der Waals surface area contributed by atoms with Gasteiger partial charge in [-0.3, -0.25) is 14.8 Å².